The van der Waals surface area contributed by atoms with E-state index in [0.717, 1.165) is 13.1 Å². The van der Waals surface area contributed by atoms with Crippen molar-refractivity contribution in [2.75, 3.05) is 13.1 Å². The lowest BCUT2D eigenvalue weighted by Crippen LogP contribution is -2.35. The predicted molar refractivity (Wildman–Crippen MR) is 47.7 cm³/mol. The minimum absolute atomic E-state index is 0.666. The number of hydroxylamine groups is 2. The first-order valence-corrected chi connectivity index (χ1v) is 4.62. The third-order valence-electron chi connectivity index (χ3n) is 1.85. The lowest BCUT2D eigenvalue weighted by Gasteiger charge is -2.30. The van der Waals surface area contributed by atoms with Crippen LogP contribution in [0.3, 0.4) is 0 Å². The molecule has 11 heavy (non-hydrogen) atoms. The van der Waals surface area contributed by atoms with Gasteiger partial charge in [-0.05, 0) is 18.3 Å². The van der Waals surface area contributed by atoms with Crippen molar-refractivity contribution in [1.29, 1.82) is 0 Å². The Morgan fingerprint density at radius 1 is 1.09 bits per heavy atom. The van der Waals surface area contributed by atoms with Gasteiger partial charge in [0, 0.05) is 13.1 Å². The molecule has 0 spiro atoms. The van der Waals surface area contributed by atoms with Gasteiger partial charge in [0.25, 0.3) is 0 Å². The molecule has 0 aromatic rings. The summed E-state index contributed by atoms with van der Waals surface area (Å²) in [6.07, 6.45) is 1.26. The Hall–Kier alpha value is -0.0800. The van der Waals surface area contributed by atoms with Crippen LogP contribution in [0.2, 0.25) is 0 Å². The molecular weight excluding hydrogens is 138 g/mol. The van der Waals surface area contributed by atoms with E-state index in [1.54, 1.807) is 0 Å². The Morgan fingerprint density at radius 3 is 1.73 bits per heavy atom. The van der Waals surface area contributed by atoms with Crippen LogP contribution in [0.5, 0.6) is 0 Å². The van der Waals surface area contributed by atoms with E-state index in [1.165, 1.54) is 11.5 Å². The van der Waals surface area contributed by atoms with Crippen LogP contribution >= 0.6 is 0 Å². The number of rotatable bonds is 0. The highest BCUT2D eigenvalue weighted by Gasteiger charge is 2.19. The zero-order valence-corrected chi connectivity index (χ0v) is 8.17. The molecule has 0 aliphatic carbocycles. The molecule has 2 nitrogen and oxygen atoms in total. The Bertz CT molecular complexity index is 70.5. The molecule has 2 atom stereocenters. The molecule has 1 heterocycles. The molecule has 0 saturated carbocycles. The first-order chi connectivity index (χ1) is 5.18. The minimum atomic E-state index is 0.666. The summed E-state index contributed by atoms with van der Waals surface area (Å²) >= 11 is 0. The van der Waals surface area contributed by atoms with Gasteiger partial charge in [-0.2, -0.15) is 5.06 Å². The Kier molecular flexibility index (Phi) is 5.51. The third kappa shape index (κ3) is 4.38. The SMILES string of the molecule is CC.C[C@H]1C[C@H](C)CN(O)C1. The molecule has 1 aliphatic heterocycles. The molecule has 1 fully saturated rings. The van der Waals surface area contributed by atoms with Crippen molar-refractivity contribution < 1.29 is 5.21 Å². The van der Waals surface area contributed by atoms with Crippen molar-refractivity contribution in [3.05, 3.63) is 0 Å². The number of hydrogen-bond acceptors (Lipinski definition) is 2. The van der Waals surface area contributed by atoms with Gasteiger partial charge in [0.2, 0.25) is 0 Å². The molecule has 0 unspecified atom stereocenters. The first kappa shape index (κ1) is 10.9. The summed E-state index contributed by atoms with van der Waals surface area (Å²) in [5.41, 5.74) is 0. The van der Waals surface area contributed by atoms with E-state index >= 15 is 0 Å². The van der Waals surface area contributed by atoms with Gasteiger partial charge in [0.15, 0.2) is 0 Å². The van der Waals surface area contributed by atoms with E-state index in [-0.39, 0.29) is 0 Å². The average Bonchev–Trinajstić information content (AvgIpc) is 1.88. The van der Waals surface area contributed by atoms with Crippen LogP contribution in [0, 0.1) is 11.8 Å². The molecule has 0 amide bonds. The fraction of sp³-hybridized carbons (Fsp3) is 1.00. The second-order valence-electron chi connectivity index (χ2n) is 3.32. The number of hydrogen-bond donors (Lipinski definition) is 1. The van der Waals surface area contributed by atoms with Gasteiger partial charge in [-0.1, -0.05) is 27.7 Å². The van der Waals surface area contributed by atoms with Crippen LogP contribution in [0.15, 0.2) is 0 Å². The van der Waals surface area contributed by atoms with Crippen molar-refractivity contribution in [3.8, 4) is 0 Å². The van der Waals surface area contributed by atoms with E-state index in [2.05, 4.69) is 13.8 Å². The average molecular weight is 159 g/mol. The predicted octanol–water partition coefficient (Wildman–Crippen LogP) is 2.38. The van der Waals surface area contributed by atoms with Gasteiger partial charge in [0.1, 0.15) is 0 Å². The van der Waals surface area contributed by atoms with Crippen LogP contribution in [0.1, 0.15) is 34.1 Å². The van der Waals surface area contributed by atoms with Crippen molar-refractivity contribution in [2.45, 2.75) is 34.1 Å². The second-order valence-corrected chi connectivity index (χ2v) is 3.32. The molecule has 0 aromatic carbocycles. The summed E-state index contributed by atoms with van der Waals surface area (Å²) in [5, 5.41) is 10.5. The highest BCUT2D eigenvalue weighted by atomic mass is 16.5. The van der Waals surface area contributed by atoms with E-state index in [1.807, 2.05) is 13.8 Å². The summed E-state index contributed by atoms with van der Waals surface area (Å²) in [4.78, 5) is 0. The van der Waals surface area contributed by atoms with Gasteiger partial charge in [-0.25, -0.2) is 0 Å². The minimum Gasteiger partial charge on any atom is -0.314 e. The molecule has 1 saturated heterocycles. The van der Waals surface area contributed by atoms with Gasteiger partial charge >= 0.3 is 0 Å². The van der Waals surface area contributed by atoms with E-state index in [0.29, 0.717) is 11.8 Å². The molecule has 1 rings (SSSR count). The molecule has 1 N–H and O–H groups in total. The van der Waals surface area contributed by atoms with E-state index in [4.69, 9.17) is 5.21 Å². The van der Waals surface area contributed by atoms with Crippen LogP contribution in [-0.2, 0) is 0 Å². The Balaban J connectivity index is 0.000000461. The molecule has 2 heteroatoms. The largest absolute Gasteiger partial charge is 0.314 e. The molecule has 0 radical (unpaired) electrons. The Morgan fingerprint density at radius 2 is 1.45 bits per heavy atom. The maximum atomic E-state index is 9.08. The van der Waals surface area contributed by atoms with Gasteiger partial charge in [-0.15, -0.1) is 0 Å². The summed E-state index contributed by atoms with van der Waals surface area (Å²) in [6, 6.07) is 0. The zero-order valence-electron chi connectivity index (χ0n) is 8.17. The smallest absolute Gasteiger partial charge is 0.0264 e. The summed E-state index contributed by atoms with van der Waals surface area (Å²) in [6.45, 7) is 10.1. The topological polar surface area (TPSA) is 23.5 Å². The van der Waals surface area contributed by atoms with Crippen LogP contribution in [-0.4, -0.2) is 23.4 Å². The van der Waals surface area contributed by atoms with Gasteiger partial charge in [0.05, 0.1) is 0 Å². The summed E-state index contributed by atoms with van der Waals surface area (Å²) < 4.78 is 0. The van der Waals surface area contributed by atoms with E-state index in [9.17, 15) is 0 Å². The summed E-state index contributed by atoms with van der Waals surface area (Å²) in [7, 11) is 0. The monoisotopic (exact) mass is 159 g/mol. The maximum Gasteiger partial charge on any atom is 0.0264 e. The van der Waals surface area contributed by atoms with Gasteiger partial charge in [-0.3, -0.25) is 0 Å². The van der Waals surface area contributed by atoms with Gasteiger partial charge < -0.3 is 5.21 Å². The van der Waals surface area contributed by atoms with Crippen LogP contribution in [0.25, 0.3) is 0 Å². The van der Waals surface area contributed by atoms with E-state index < -0.39 is 0 Å². The van der Waals surface area contributed by atoms with Crippen LogP contribution in [0.4, 0.5) is 0 Å². The van der Waals surface area contributed by atoms with Crippen molar-refractivity contribution in [2.24, 2.45) is 11.8 Å². The van der Waals surface area contributed by atoms with Crippen molar-refractivity contribution >= 4 is 0 Å². The fourth-order valence-corrected chi connectivity index (χ4v) is 1.63. The molecular formula is C9H21NO. The molecule has 0 bridgehead atoms. The highest BCUT2D eigenvalue weighted by Crippen LogP contribution is 2.18. The van der Waals surface area contributed by atoms with Crippen LogP contribution < -0.4 is 0 Å². The second kappa shape index (κ2) is 5.56. The third-order valence-corrected chi connectivity index (χ3v) is 1.85. The molecule has 68 valence electrons. The number of piperidine rings is 1. The maximum absolute atomic E-state index is 9.08. The standard InChI is InChI=1S/C7H15NO.C2H6/c1-6-3-7(2)5-8(9)4-6;1-2/h6-7,9H,3-5H2,1-2H3;1-2H3/t6-,7-;/m0./s1. The molecule has 1 aliphatic rings. The van der Waals surface area contributed by atoms with Crippen molar-refractivity contribution in [3.63, 3.8) is 0 Å². The lowest BCUT2D eigenvalue weighted by atomic mass is 9.93. The highest BCUT2D eigenvalue weighted by molar-refractivity contribution is 4.68. The quantitative estimate of drug-likeness (QED) is 0.586. The summed E-state index contributed by atoms with van der Waals surface area (Å²) in [5.74, 6) is 1.33. The molecule has 0 aromatic heterocycles. The zero-order chi connectivity index (χ0) is 8.85. The Labute approximate surface area is 70.2 Å². The lowest BCUT2D eigenvalue weighted by molar-refractivity contribution is -0.128. The van der Waals surface area contributed by atoms with Crippen molar-refractivity contribution in [1.82, 2.24) is 5.06 Å². The fourth-order valence-electron chi connectivity index (χ4n) is 1.63. The first-order valence-electron chi connectivity index (χ1n) is 4.62. The number of nitrogens with zero attached hydrogens (tertiary/aromatic N) is 1. The normalized spacial score (nSPS) is 32.5.